The Balaban J connectivity index is 2.92. The molecule has 0 spiro atoms. The Hall–Kier alpha value is -1.65. The van der Waals surface area contributed by atoms with E-state index in [4.69, 9.17) is 5.11 Å². The van der Waals surface area contributed by atoms with Gasteiger partial charge in [-0.15, -0.1) is 0 Å². The average Bonchev–Trinajstić information content (AvgIpc) is 2.39. The van der Waals surface area contributed by atoms with Crippen molar-refractivity contribution in [3.8, 4) is 0 Å². The molecule has 5 nitrogen and oxygen atoms in total. The summed E-state index contributed by atoms with van der Waals surface area (Å²) >= 11 is 0. The molecule has 0 saturated heterocycles. The fraction of sp³-hybridized carbons (Fsp3) is 0.615. The zero-order valence-corrected chi connectivity index (χ0v) is 11.1. The third-order valence-corrected chi connectivity index (χ3v) is 2.74. The maximum atomic E-state index is 11.1. The van der Waals surface area contributed by atoms with Crippen LogP contribution in [0.5, 0.6) is 0 Å². The number of nitrogens with zero attached hydrogens (tertiary/aromatic N) is 3. The largest absolute Gasteiger partial charge is 0.476 e. The summed E-state index contributed by atoms with van der Waals surface area (Å²) in [7, 11) is 0. The fourth-order valence-electron chi connectivity index (χ4n) is 1.73. The summed E-state index contributed by atoms with van der Waals surface area (Å²) in [6.45, 7) is 5.89. The second-order valence-corrected chi connectivity index (χ2v) is 4.23. The van der Waals surface area contributed by atoms with Crippen molar-refractivity contribution < 1.29 is 9.90 Å². The van der Waals surface area contributed by atoms with E-state index in [-0.39, 0.29) is 5.69 Å². The second kappa shape index (κ2) is 7.63. The number of carboxylic acids is 1. The van der Waals surface area contributed by atoms with Crippen LogP contribution in [-0.2, 0) is 0 Å². The van der Waals surface area contributed by atoms with Gasteiger partial charge in [0.25, 0.3) is 0 Å². The molecule has 18 heavy (non-hydrogen) atoms. The molecule has 0 amide bonds. The maximum absolute atomic E-state index is 11.1. The second-order valence-electron chi connectivity index (χ2n) is 4.23. The molecule has 0 unspecified atom stereocenters. The van der Waals surface area contributed by atoms with Gasteiger partial charge < -0.3 is 10.0 Å². The van der Waals surface area contributed by atoms with E-state index in [9.17, 15) is 4.79 Å². The van der Waals surface area contributed by atoms with Crippen molar-refractivity contribution in [1.82, 2.24) is 9.97 Å². The third kappa shape index (κ3) is 3.98. The molecule has 0 radical (unpaired) electrons. The van der Waals surface area contributed by atoms with Gasteiger partial charge in [-0.2, -0.15) is 0 Å². The van der Waals surface area contributed by atoms with Gasteiger partial charge in [-0.05, 0) is 12.8 Å². The third-order valence-electron chi connectivity index (χ3n) is 2.74. The van der Waals surface area contributed by atoms with E-state index in [0.29, 0.717) is 5.82 Å². The molecule has 1 aromatic heterocycles. The molecule has 0 aliphatic heterocycles. The van der Waals surface area contributed by atoms with Crippen molar-refractivity contribution in [2.45, 2.75) is 39.5 Å². The molecule has 0 bridgehead atoms. The number of hydrogen-bond acceptors (Lipinski definition) is 4. The van der Waals surface area contributed by atoms with E-state index in [2.05, 4.69) is 23.8 Å². The summed E-state index contributed by atoms with van der Waals surface area (Å²) in [4.78, 5) is 21.3. The molecular formula is C13H21N3O2. The van der Waals surface area contributed by atoms with Crippen molar-refractivity contribution in [2.75, 3.05) is 18.0 Å². The van der Waals surface area contributed by atoms with E-state index in [0.717, 1.165) is 38.8 Å². The molecule has 0 saturated carbocycles. The van der Waals surface area contributed by atoms with Gasteiger partial charge in [0, 0.05) is 25.5 Å². The Labute approximate surface area is 108 Å². The van der Waals surface area contributed by atoms with Gasteiger partial charge in [0.05, 0.1) is 0 Å². The zero-order chi connectivity index (χ0) is 13.4. The fourth-order valence-corrected chi connectivity index (χ4v) is 1.73. The highest BCUT2D eigenvalue weighted by Crippen LogP contribution is 2.16. The van der Waals surface area contributed by atoms with Gasteiger partial charge in [0.15, 0.2) is 11.5 Å². The minimum absolute atomic E-state index is 0.0460. The molecule has 1 aromatic rings. The molecule has 0 aromatic carbocycles. The van der Waals surface area contributed by atoms with E-state index in [1.54, 1.807) is 6.20 Å². The Bertz CT molecular complexity index is 374. The number of rotatable bonds is 8. The molecule has 0 fully saturated rings. The van der Waals surface area contributed by atoms with E-state index in [1.165, 1.54) is 6.20 Å². The summed E-state index contributed by atoms with van der Waals surface area (Å²) in [6.07, 6.45) is 7.17. The number of aromatic carboxylic acids is 1. The summed E-state index contributed by atoms with van der Waals surface area (Å²) < 4.78 is 0. The van der Waals surface area contributed by atoms with Crippen LogP contribution < -0.4 is 4.90 Å². The number of carbonyl (C=O) groups is 1. The van der Waals surface area contributed by atoms with Crippen molar-refractivity contribution in [1.29, 1.82) is 0 Å². The lowest BCUT2D eigenvalue weighted by Crippen LogP contribution is -2.28. The van der Waals surface area contributed by atoms with Crippen molar-refractivity contribution >= 4 is 11.8 Å². The lowest BCUT2D eigenvalue weighted by atomic mass is 10.2. The molecule has 0 aliphatic carbocycles. The van der Waals surface area contributed by atoms with Gasteiger partial charge in [0.1, 0.15) is 0 Å². The minimum atomic E-state index is -1.02. The first-order valence-electron chi connectivity index (χ1n) is 6.49. The van der Waals surface area contributed by atoms with Gasteiger partial charge in [-0.25, -0.2) is 14.8 Å². The van der Waals surface area contributed by atoms with Gasteiger partial charge in [-0.3, -0.25) is 0 Å². The van der Waals surface area contributed by atoms with E-state index < -0.39 is 5.97 Å². The zero-order valence-electron chi connectivity index (χ0n) is 11.1. The summed E-state index contributed by atoms with van der Waals surface area (Å²) in [6, 6.07) is 0. The Kier molecular flexibility index (Phi) is 6.11. The quantitative estimate of drug-likeness (QED) is 0.769. The predicted molar refractivity (Wildman–Crippen MR) is 71.0 cm³/mol. The Morgan fingerprint density at radius 2 is 1.72 bits per heavy atom. The highest BCUT2D eigenvalue weighted by atomic mass is 16.4. The normalized spacial score (nSPS) is 10.3. The van der Waals surface area contributed by atoms with Crippen LogP contribution in [0.2, 0.25) is 0 Å². The van der Waals surface area contributed by atoms with Gasteiger partial charge >= 0.3 is 5.97 Å². The van der Waals surface area contributed by atoms with E-state index in [1.807, 2.05) is 4.90 Å². The van der Waals surface area contributed by atoms with Crippen LogP contribution in [-0.4, -0.2) is 34.1 Å². The smallest absolute Gasteiger partial charge is 0.358 e. The SMILES string of the molecule is CCCCN(CCCC)c1nccnc1C(=O)O. The van der Waals surface area contributed by atoms with Crippen LogP contribution in [0.15, 0.2) is 12.4 Å². The highest BCUT2D eigenvalue weighted by molar-refractivity contribution is 5.90. The molecular weight excluding hydrogens is 230 g/mol. The average molecular weight is 251 g/mol. The van der Waals surface area contributed by atoms with Gasteiger partial charge in [-0.1, -0.05) is 26.7 Å². The predicted octanol–water partition coefficient (Wildman–Crippen LogP) is 2.58. The van der Waals surface area contributed by atoms with Crippen LogP contribution in [0.3, 0.4) is 0 Å². The number of anilines is 1. The molecule has 1 N–H and O–H groups in total. The topological polar surface area (TPSA) is 66.3 Å². The standard InChI is InChI=1S/C13H21N3O2/c1-3-5-9-16(10-6-4-2)12-11(13(17)18)14-7-8-15-12/h7-8H,3-6,9-10H2,1-2H3,(H,17,18). The first kappa shape index (κ1) is 14.4. The lowest BCUT2D eigenvalue weighted by molar-refractivity contribution is 0.0690. The molecule has 0 aliphatic rings. The lowest BCUT2D eigenvalue weighted by Gasteiger charge is -2.24. The Morgan fingerprint density at radius 3 is 2.22 bits per heavy atom. The van der Waals surface area contributed by atoms with Crippen molar-refractivity contribution in [2.24, 2.45) is 0 Å². The van der Waals surface area contributed by atoms with Crippen LogP contribution in [0.4, 0.5) is 5.82 Å². The molecule has 1 rings (SSSR count). The summed E-state index contributed by atoms with van der Waals surface area (Å²) in [5, 5.41) is 9.14. The molecule has 100 valence electrons. The molecule has 1 heterocycles. The van der Waals surface area contributed by atoms with E-state index >= 15 is 0 Å². The highest BCUT2D eigenvalue weighted by Gasteiger charge is 2.17. The van der Waals surface area contributed by atoms with Gasteiger partial charge in [0.2, 0.25) is 0 Å². The summed E-state index contributed by atoms with van der Waals surface area (Å²) in [5.41, 5.74) is 0.0460. The maximum Gasteiger partial charge on any atom is 0.358 e. The number of unbranched alkanes of at least 4 members (excludes halogenated alkanes) is 2. The van der Waals surface area contributed by atoms with Crippen LogP contribution in [0, 0.1) is 0 Å². The summed E-state index contributed by atoms with van der Waals surface area (Å²) in [5.74, 6) is -0.525. The van der Waals surface area contributed by atoms with Crippen molar-refractivity contribution in [3.63, 3.8) is 0 Å². The van der Waals surface area contributed by atoms with Crippen LogP contribution in [0.1, 0.15) is 50.0 Å². The number of aromatic nitrogens is 2. The first-order chi connectivity index (χ1) is 8.70. The molecule has 0 atom stereocenters. The minimum Gasteiger partial charge on any atom is -0.476 e. The molecule has 5 heteroatoms. The van der Waals surface area contributed by atoms with Crippen LogP contribution in [0.25, 0.3) is 0 Å². The Morgan fingerprint density at radius 1 is 1.17 bits per heavy atom. The monoisotopic (exact) mass is 251 g/mol. The van der Waals surface area contributed by atoms with Crippen molar-refractivity contribution in [3.05, 3.63) is 18.1 Å². The number of carboxylic acid groups (broad SMARTS) is 1. The number of hydrogen-bond donors (Lipinski definition) is 1. The van der Waals surface area contributed by atoms with Crippen LogP contribution >= 0.6 is 0 Å². The first-order valence-corrected chi connectivity index (χ1v) is 6.49.